The molecule has 0 unspecified atom stereocenters. The van der Waals surface area contributed by atoms with Crippen molar-refractivity contribution in [2.75, 3.05) is 31.2 Å². The lowest BCUT2D eigenvalue weighted by Crippen LogP contribution is -2.48. The van der Waals surface area contributed by atoms with Gasteiger partial charge in [-0.3, -0.25) is 19.7 Å². The van der Waals surface area contributed by atoms with Gasteiger partial charge in [0.05, 0.1) is 17.2 Å². The highest BCUT2D eigenvalue weighted by molar-refractivity contribution is 5.98. The lowest BCUT2D eigenvalue weighted by molar-refractivity contribution is -0.385. The van der Waals surface area contributed by atoms with Gasteiger partial charge in [0.15, 0.2) is 5.56 Å². The summed E-state index contributed by atoms with van der Waals surface area (Å²) in [4.78, 5) is 43.0. The number of carbonyl (C=O) groups is 2. The number of benzene rings is 1. The van der Waals surface area contributed by atoms with E-state index < -0.39 is 27.9 Å². The van der Waals surface area contributed by atoms with Gasteiger partial charge >= 0.3 is 0 Å². The number of rotatable bonds is 6. The van der Waals surface area contributed by atoms with Crippen LogP contribution in [0.1, 0.15) is 41.0 Å². The van der Waals surface area contributed by atoms with Crippen LogP contribution in [0.3, 0.4) is 0 Å². The second-order valence-corrected chi connectivity index (χ2v) is 7.73. The number of carbonyl (C=O) groups excluding carboxylic acids is 2. The molecule has 2 heterocycles. The number of amides is 2. The monoisotopic (exact) mass is 429 g/mol. The Morgan fingerprint density at radius 2 is 2.03 bits per heavy atom. The van der Waals surface area contributed by atoms with Gasteiger partial charge in [-0.25, -0.2) is 9.37 Å². The van der Waals surface area contributed by atoms with Crippen LogP contribution < -0.4 is 10.2 Å². The topological polar surface area (TPSA) is 109 Å². The summed E-state index contributed by atoms with van der Waals surface area (Å²) < 4.78 is 14.3. The van der Waals surface area contributed by atoms with Gasteiger partial charge in [0, 0.05) is 31.9 Å². The van der Waals surface area contributed by atoms with Gasteiger partial charge in [0.25, 0.3) is 17.5 Å². The zero-order valence-electron chi connectivity index (χ0n) is 17.4. The van der Waals surface area contributed by atoms with E-state index in [0.717, 1.165) is 12.1 Å². The number of aromatic nitrogens is 1. The Morgan fingerprint density at radius 1 is 1.26 bits per heavy atom. The molecule has 1 fully saturated rings. The molecule has 3 rings (SSSR count). The maximum atomic E-state index is 14.3. The molecule has 1 aromatic carbocycles. The molecular formula is C21H24FN5O4. The van der Waals surface area contributed by atoms with Crippen molar-refractivity contribution < 1.29 is 18.9 Å². The van der Waals surface area contributed by atoms with Gasteiger partial charge in [-0.05, 0) is 30.5 Å². The second-order valence-electron chi connectivity index (χ2n) is 7.73. The molecule has 10 heteroatoms. The number of nitro groups is 1. The third-order valence-corrected chi connectivity index (χ3v) is 4.89. The molecule has 0 atom stereocenters. The average molecular weight is 429 g/mol. The molecule has 1 aliphatic heterocycles. The van der Waals surface area contributed by atoms with Gasteiger partial charge in [-0.15, -0.1) is 0 Å². The molecule has 1 saturated heterocycles. The minimum Gasteiger partial charge on any atom is -0.352 e. The normalized spacial score (nSPS) is 13.9. The van der Waals surface area contributed by atoms with E-state index in [-0.39, 0.29) is 12.6 Å². The molecule has 0 bridgehead atoms. The first-order chi connectivity index (χ1) is 14.8. The van der Waals surface area contributed by atoms with E-state index in [4.69, 9.17) is 0 Å². The Morgan fingerprint density at radius 3 is 2.68 bits per heavy atom. The molecule has 1 aromatic heterocycles. The Hall–Kier alpha value is -3.56. The third-order valence-electron chi connectivity index (χ3n) is 4.89. The van der Waals surface area contributed by atoms with Crippen LogP contribution in [0.4, 0.5) is 15.9 Å². The van der Waals surface area contributed by atoms with Crippen LogP contribution in [-0.4, -0.2) is 52.9 Å². The van der Waals surface area contributed by atoms with E-state index in [1.54, 1.807) is 12.1 Å². The fourth-order valence-corrected chi connectivity index (χ4v) is 3.29. The van der Waals surface area contributed by atoms with Crippen LogP contribution in [0.15, 0.2) is 36.5 Å². The van der Waals surface area contributed by atoms with E-state index in [1.165, 1.54) is 17.2 Å². The first kappa shape index (κ1) is 22.1. The minimum absolute atomic E-state index is 0.107. The summed E-state index contributed by atoms with van der Waals surface area (Å²) in [7, 11) is 0. The lowest BCUT2D eigenvalue weighted by atomic mass is 10.1. The van der Waals surface area contributed by atoms with Crippen molar-refractivity contribution in [3.63, 3.8) is 0 Å². The first-order valence-electron chi connectivity index (χ1n) is 9.99. The van der Waals surface area contributed by atoms with Crippen LogP contribution in [0, 0.1) is 21.8 Å². The average Bonchev–Trinajstić information content (AvgIpc) is 2.77. The smallest absolute Gasteiger partial charge is 0.285 e. The number of hydrogen-bond acceptors (Lipinski definition) is 6. The van der Waals surface area contributed by atoms with Crippen molar-refractivity contribution in [3.05, 3.63) is 63.6 Å². The Balaban J connectivity index is 1.73. The molecule has 0 saturated carbocycles. The fraction of sp³-hybridized carbons (Fsp3) is 0.381. The van der Waals surface area contributed by atoms with Gasteiger partial charge < -0.3 is 15.1 Å². The molecule has 2 amide bonds. The Kier molecular flexibility index (Phi) is 6.78. The SMILES string of the molecule is CC(C)CNC(=O)c1ccc(N2CCCN(C(=O)c3c(F)cccc3[N+](=O)[O-])C2)nc1. The van der Waals surface area contributed by atoms with E-state index in [0.29, 0.717) is 43.4 Å². The summed E-state index contributed by atoms with van der Waals surface area (Å²) in [5, 5.41) is 14.1. The zero-order chi connectivity index (χ0) is 22.5. The number of nitrogens with zero attached hydrogens (tertiary/aromatic N) is 4. The van der Waals surface area contributed by atoms with Crippen molar-refractivity contribution in [1.29, 1.82) is 0 Å². The maximum Gasteiger partial charge on any atom is 0.285 e. The van der Waals surface area contributed by atoms with Gasteiger partial charge in [0.1, 0.15) is 11.6 Å². The van der Waals surface area contributed by atoms with Crippen molar-refractivity contribution in [2.24, 2.45) is 5.92 Å². The molecule has 0 spiro atoms. The highest BCUT2D eigenvalue weighted by Crippen LogP contribution is 2.25. The number of nitro benzene ring substituents is 1. The number of halogens is 1. The first-order valence-corrected chi connectivity index (χ1v) is 9.99. The molecule has 9 nitrogen and oxygen atoms in total. The summed E-state index contributed by atoms with van der Waals surface area (Å²) in [6.45, 7) is 5.62. The third kappa shape index (κ3) is 5.14. The summed E-state index contributed by atoms with van der Waals surface area (Å²) >= 11 is 0. The van der Waals surface area contributed by atoms with Gasteiger partial charge in [-0.1, -0.05) is 19.9 Å². The van der Waals surface area contributed by atoms with Crippen molar-refractivity contribution in [3.8, 4) is 0 Å². The quantitative estimate of drug-likeness (QED) is 0.559. The highest BCUT2D eigenvalue weighted by Gasteiger charge is 2.31. The van der Waals surface area contributed by atoms with Gasteiger partial charge in [-0.2, -0.15) is 0 Å². The zero-order valence-corrected chi connectivity index (χ0v) is 17.4. The Labute approximate surface area is 179 Å². The molecular weight excluding hydrogens is 405 g/mol. The number of pyridine rings is 1. The van der Waals surface area contributed by atoms with E-state index >= 15 is 0 Å². The van der Waals surface area contributed by atoms with Crippen LogP contribution >= 0.6 is 0 Å². The maximum absolute atomic E-state index is 14.3. The molecule has 0 radical (unpaired) electrons. The lowest BCUT2D eigenvalue weighted by Gasteiger charge is -2.36. The van der Waals surface area contributed by atoms with Crippen molar-refractivity contribution in [1.82, 2.24) is 15.2 Å². The molecule has 1 aliphatic rings. The van der Waals surface area contributed by atoms with Crippen molar-refractivity contribution >= 4 is 23.3 Å². The van der Waals surface area contributed by atoms with Crippen LogP contribution in [0.2, 0.25) is 0 Å². The number of nitrogens with one attached hydrogen (secondary N) is 1. The molecule has 1 N–H and O–H groups in total. The van der Waals surface area contributed by atoms with E-state index in [9.17, 15) is 24.1 Å². The Bertz CT molecular complexity index is 980. The van der Waals surface area contributed by atoms with Crippen LogP contribution in [0.5, 0.6) is 0 Å². The van der Waals surface area contributed by atoms with Crippen molar-refractivity contribution in [2.45, 2.75) is 20.3 Å². The van der Waals surface area contributed by atoms with Gasteiger partial charge in [0.2, 0.25) is 0 Å². The second kappa shape index (κ2) is 9.50. The van der Waals surface area contributed by atoms with E-state index in [2.05, 4.69) is 10.3 Å². The molecule has 164 valence electrons. The standard InChI is InChI=1S/C21H24FN5O4/c1-14(2)11-24-20(28)15-7-8-18(23-12-15)25-9-4-10-26(13-25)21(29)19-16(22)5-3-6-17(19)27(30)31/h3,5-8,12,14H,4,9-11,13H2,1-2H3,(H,24,28). The number of anilines is 1. The predicted molar refractivity (Wildman–Crippen MR) is 112 cm³/mol. The van der Waals surface area contributed by atoms with Crippen LogP contribution in [-0.2, 0) is 0 Å². The number of hydrogen-bond donors (Lipinski definition) is 1. The largest absolute Gasteiger partial charge is 0.352 e. The summed E-state index contributed by atoms with van der Waals surface area (Å²) in [5.74, 6) is -0.986. The van der Waals surface area contributed by atoms with Crippen LogP contribution in [0.25, 0.3) is 0 Å². The van der Waals surface area contributed by atoms with E-state index in [1.807, 2.05) is 18.7 Å². The molecule has 31 heavy (non-hydrogen) atoms. The highest BCUT2D eigenvalue weighted by atomic mass is 19.1. The molecule has 0 aliphatic carbocycles. The minimum atomic E-state index is -0.925. The summed E-state index contributed by atoms with van der Waals surface area (Å²) in [6.07, 6.45) is 2.06. The summed E-state index contributed by atoms with van der Waals surface area (Å²) in [6, 6.07) is 6.69. The molecule has 2 aromatic rings. The summed E-state index contributed by atoms with van der Waals surface area (Å²) in [5.41, 5.74) is -0.673. The fourth-order valence-electron chi connectivity index (χ4n) is 3.29. The predicted octanol–water partition coefficient (Wildman–Crippen LogP) is 2.82.